The summed E-state index contributed by atoms with van der Waals surface area (Å²) in [6, 6.07) is 17.9. The van der Waals surface area contributed by atoms with Crippen molar-refractivity contribution in [2.75, 3.05) is 6.54 Å². The van der Waals surface area contributed by atoms with Gasteiger partial charge in [0.15, 0.2) is 0 Å². The minimum Gasteiger partial charge on any atom is -0.693 e. The molecule has 0 aliphatic heterocycles. The number of carbonyl (C=O) groups is 5. The molecular formula is C46H69Cl2N7O9Pt2. The number of carboxylic acid groups (broad SMARTS) is 4. The average molecular weight is 1330 g/mol. The molecule has 0 spiro atoms. The molecule has 2 heterocycles. The number of amides is 1. The number of halogens is 2. The molecule has 5 rings (SSSR count). The fourth-order valence-electron chi connectivity index (χ4n) is 6.07. The van der Waals surface area contributed by atoms with Gasteiger partial charge >= 0.3 is 80.3 Å². The van der Waals surface area contributed by atoms with Crippen LogP contribution < -0.4 is 5.32 Å². The van der Waals surface area contributed by atoms with Crippen LogP contribution in [0.25, 0.3) is 45.6 Å². The zero-order chi connectivity index (χ0) is 47.4. The van der Waals surface area contributed by atoms with E-state index in [-0.39, 0.29) is 83.6 Å². The first-order chi connectivity index (χ1) is 30.1. The minimum absolute atomic E-state index is 0. The molecule has 1 aliphatic rings. The Morgan fingerprint density at radius 2 is 1.06 bits per heavy atom. The molecular weight excluding hydrogens is 1260 g/mol. The molecule has 0 bridgehead atoms. The number of pyridine rings is 2. The van der Waals surface area contributed by atoms with E-state index >= 15 is 0 Å². The van der Waals surface area contributed by atoms with Gasteiger partial charge in [-0.2, -0.15) is 12.1 Å². The van der Waals surface area contributed by atoms with Crippen LogP contribution in [0.2, 0.25) is 0 Å². The number of aliphatic carboxylic acids is 4. The van der Waals surface area contributed by atoms with E-state index in [1.54, 1.807) is 0 Å². The molecule has 2 atom stereocenters. The van der Waals surface area contributed by atoms with Crippen molar-refractivity contribution < 1.29 is 81.9 Å². The molecule has 1 aliphatic carbocycles. The second-order valence-corrected chi connectivity index (χ2v) is 17.9. The van der Waals surface area contributed by atoms with Gasteiger partial charge in [0.25, 0.3) is 0 Å². The molecule has 0 saturated heterocycles. The van der Waals surface area contributed by atoms with Gasteiger partial charge in [0, 0.05) is 55.4 Å². The first-order valence-electron chi connectivity index (χ1n) is 21.1. The third kappa shape index (κ3) is 34.7. The van der Waals surface area contributed by atoms with Gasteiger partial charge < -0.3 is 49.5 Å². The van der Waals surface area contributed by atoms with Crippen molar-refractivity contribution in [1.29, 1.82) is 0 Å². The number of aryl methyl sites for hydroxylation is 3. The molecule has 2 aromatic heterocycles. The number of unbranched alkanes of at least 4 members (excludes halogenated alkanes) is 4. The molecule has 1 saturated carbocycles. The van der Waals surface area contributed by atoms with Crippen molar-refractivity contribution in [2.24, 2.45) is 0 Å². The van der Waals surface area contributed by atoms with E-state index in [1.165, 1.54) is 59.6 Å². The van der Waals surface area contributed by atoms with Gasteiger partial charge in [-0.3, -0.25) is 33.9 Å². The molecule has 1 amide bonds. The molecule has 1 fully saturated rings. The van der Waals surface area contributed by atoms with Crippen LogP contribution in [0.3, 0.4) is 0 Å². The SMILES string of the molecule is CCCCCCCC(=O)O.Cc1c(C)c2cccnc2c2ncccc12.O=C(O)CCCNC(=O)CCC(=O)O.O=C(O)CCCc1ccccc1.[Cl][Pt+2][Cl].[NH-][C@H]1CCCC[C@@H]1[NH-].[NH2-].[NH2-].[Pt+2]. The van der Waals surface area contributed by atoms with Crippen LogP contribution in [0, 0.1) is 13.8 Å². The number of carboxylic acids is 4. The van der Waals surface area contributed by atoms with E-state index in [9.17, 15) is 24.0 Å². The number of aromatic nitrogens is 2. The van der Waals surface area contributed by atoms with Gasteiger partial charge in [-0.1, -0.05) is 101 Å². The zero-order valence-corrected chi connectivity index (χ0v) is 44.1. The number of nitrogens with zero attached hydrogens (tertiary/aromatic N) is 2. The van der Waals surface area contributed by atoms with E-state index in [2.05, 4.69) is 48.2 Å². The Morgan fingerprint density at radius 1 is 0.636 bits per heavy atom. The normalized spacial score (nSPS) is 13.1. The average Bonchev–Trinajstić information content (AvgIpc) is 3.26. The molecule has 66 heavy (non-hydrogen) atoms. The molecule has 2 aromatic carbocycles. The molecule has 20 heteroatoms. The summed E-state index contributed by atoms with van der Waals surface area (Å²) >= 11 is -0.472. The molecule has 376 valence electrons. The maximum Gasteiger partial charge on any atom is 2.00 e. The van der Waals surface area contributed by atoms with Gasteiger partial charge in [0.2, 0.25) is 5.91 Å². The van der Waals surface area contributed by atoms with Crippen LogP contribution in [0.15, 0.2) is 67.0 Å². The van der Waals surface area contributed by atoms with Crippen LogP contribution in [-0.4, -0.2) is 78.8 Å². The Kier molecular flexibility index (Phi) is 45.9. The summed E-state index contributed by atoms with van der Waals surface area (Å²) in [5, 5.41) is 38.0. The van der Waals surface area contributed by atoms with Gasteiger partial charge in [-0.05, 0) is 68.4 Å². The van der Waals surface area contributed by atoms with E-state index in [4.69, 9.17) is 50.7 Å². The van der Waals surface area contributed by atoms with Crippen molar-refractivity contribution >= 4 is 70.4 Å². The van der Waals surface area contributed by atoms with Crippen molar-refractivity contribution in [3.8, 4) is 0 Å². The van der Waals surface area contributed by atoms with Crippen LogP contribution in [0.1, 0.15) is 126 Å². The summed E-state index contributed by atoms with van der Waals surface area (Å²) in [6.45, 7) is 6.71. The van der Waals surface area contributed by atoms with Gasteiger partial charge in [-0.25, -0.2) is 0 Å². The second-order valence-electron chi connectivity index (χ2n) is 14.6. The van der Waals surface area contributed by atoms with E-state index in [1.807, 2.05) is 54.9 Å². The predicted molar refractivity (Wildman–Crippen MR) is 258 cm³/mol. The van der Waals surface area contributed by atoms with Crippen molar-refractivity contribution in [3.05, 3.63) is 107 Å². The van der Waals surface area contributed by atoms with Gasteiger partial charge in [0.1, 0.15) is 0 Å². The summed E-state index contributed by atoms with van der Waals surface area (Å²) in [6.07, 6.45) is 15.7. The smallest absolute Gasteiger partial charge is 0.693 e. The number of nitrogens with two attached hydrogens (primary N) is 2. The largest absolute Gasteiger partial charge is 2.00 e. The van der Waals surface area contributed by atoms with Crippen LogP contribution in [0.5, 0.6) is 0 Å². The van der Waals surface area contributed by atoms with Crippen molar-refractivity contribution in [2.45, 2.75) is 142 Å². The Balaban J connectivity index is -0.000000360. The van der Waals surface area contributed by atoms with Gasteiger partial charge in [-0.15, -0.1) is 0 Å². The number of hydrogen-bond acceptors (Lipinski definition) is 7. The zero-order valence-electron chi connectivity index (χ0n) is 38.0. The van der Waals surface area contributed by atoms with Crippen molar-refractivity contribution in [1.82, 2.24) is 15.3 Å². The fourth-order valence-corrected chi connectivity index (χ4v) is 6.07. The minimum atomic E-state index is -1.02. The maximum absolute atomic E-state index is 10.9. The summed E-state index contributed by atoms with van der Waals surface area (Å²) in [4.78, 5) is 60.1. The predicted octanol–water partition coefficient (Wildman–Crippen LogP) is 13.0. The van der Waals surface area contributed by atoms with E-state index in [0.717, 1.165) is 49.6 Å². The Hall–Kier alpha value is -3.59. The van der Waals surface area contributed by atoms with Crippen LogP contribution in [0.4, 0.5) is 0 Å². The Bertz CT molecular complexity index is 1850. The fraction of sp³-hybridized carbons (Fsp3) is 0.500. The van der Waals surface area contributed by atoms with Crippen LogP contribution in [-0.2, 0) is 67.9 Å². The molecule has 4 aromatic rings. The summed E-state index contributed by atoms with van der Waals surface area (Å²) in [5.41, 5.74) is 20.4. The third-order valence-electron chi connectivity index (χ3n) is 9.62. The molecule has 16 nitrogen and oxygen atoms in total. The van der Waals surface area contributed by atoms with E-state index < -0.39 is 40.4 Å². The summed E-state index contributed by atoms with van der Waals surface area (Å²) in [5.74, 6) is -3.68. The monoisotopic (exact) mass is 1320 g/mol. The topological polar surface area (TPSA) is 319 Å². The number of benzene rings is 2. The second kappa shape index (κ2) is 43.9. The first-order valence-corrected chi connectivity index (χ1v) is 26.7. The number of fused-ring (bicyclic) bond motifs is 3. The maximum atomic E-state index is 10.9. The molecule has 0 radical (unpaired) electrons. The standard InChI is InChI=1S/C14H12N2.C10H12O2.C8H13NO5.C8H16O2.C6H12N2.2ClH.2H2N.2Pt/c1-9-10(2)12-6-4-8-16-14(12)13-11(9)5-3-7-15-13;11-10(12)8-4-7-9-5-2-1-3-6-9;10-6(3-4-8(13)14)9-5-1-2-7(11)12;1-2-3-4-5-6-7-8(9)10;7-5-3-1-2-4-6(5)8;;;;;;/h3-8H,1-2H3;1-3,5-6H,4,7-8H2,(H,11,12);1-5H2,(H,9,10)(H,11,12)(H,13,14);2-7H2,1H3,(H,9,10);5-8H,1-4H2;2*1H;2*1H2;;/q;;;;-2;;;2*-1;+2;+4/p-2/t;;;;5-,6-;;;;;;/m....0....../s1. The summed E-state index contributed by atoms with van der Waals surface area (Å²) < 4.78 is 0. The Labute approximate surface area is 421 Å². The molecule has 0 unspecified atom stereocenters. The quantitative estimate of drug-likeness (QED) is 0.0489. The number of carbonyl (C=O) groups excluding carboxylic acids is 1. The van der Waals surface area contributed by atoms with Gasteiger partial charge in [0.05, 0.1) is 17.5 Å². The van der Waals surface area contributed by atoms with E-state index in [0.29, 0.717) is 12.8 Å². The number of nitrogens with one attached hydrogen (secondary N) is 3. The Morgan fingerprint density at radius 3 is 1.48 bits per heavy atom. The number of rotatable bonds is 17. The van der Waals surface area contributed by atoms with Crippen LogP contribution >= 0.6 is 18.8 Å². The first kappa shape index (κ1) is 69.0. The third-order valence-corrected chi connectivity index (χ3v) is 9.62. The summed E-state index contributed by atoms with van der Waals surface area (Å²) in [7, 11) is 9.75. The molecule has 11 N–H and O–H groups in total. The number of hydrogen-bond donors (Lipinski definition) is 5. The van der Waals surface area contributed by atoms with Crippen molar-refractivity contribution in [3.63, 3.8) is 0 Å².